The average molecular weight is 227 g/mol. The third-order valence-corrected chi connectivity index (χ3v) is 3.68. The maximum absolute atomic E-state index is 5.48. The third-order valence-electron chi connectivity index (χ3n) is 3.68. The minimum Gasteiger partial charge on any atom is -0.379 e. The maximum Gasteiger partial charge on any atom is 0.0637 e. The predicted octanol–water partition coefficient (Wildman–Crippen LogP) is 3.36. The zero-order chi connectivity index (χ0) is 12.2. The Bertz CT molecular complexity index is 199. The van der Waals surface area contributed by atoms with Crippen molar-refractivity contribution in [3.05, 3.63) is 0 Å². The molecule has 1 N–H and O–H groups in total. The van der Waals surface area contributed by atoms with Crippen LogP contribution in [-0.4, -0.2) is 24.8 Å². The van der Waals surface area contributed by atoms with Crippen LogP contribution < -0.4 is 5.32 Å². The molecule has 1 aliphatic rings. The molecule has 96 valence electrons. The standard InChI is InChI=1S/C14H29NO/c1-6-13(9-12-7-8-12)15-11(2)10-14(3,4)16-5/h11-13,15H,6-10H2,1-5H3. The van der Waals surface area contributed by atoms with Gasteiger partial charge in [0.1, 0.15) is 0 Å². The van der Waals surface area contributed by atoms with Crippen LogP contribution in [0.5, 0.6) is 0 Å². The Morgan fingerprint density at radius 2 is 2.00 bits per heavy atom. The Balaban J connectivity index is 2.26. The fraction of sp³-hybridized carbons (Fsp3) is 1.00. The van der Waals surface area contributed by atoms with Gasteiger partial charge < -0.3 is 10.1 Å². The van der Waals surface area contributed by atoms with E-state index in [0.29, 0.717) is 12.1 Å². The Morgan fingerprint density at radius 1 is 1.38 bits per heavy atom. The second-order valence-electron chi connectivity index (χ2n) is 6.02. The van der Waals surface area contributed by atoms with Gasteiger partial charge in [-0.2, -0.15) is 0 Å². The summed E-state index contributed by atoms with van der Waals surface area (Å²) in [4.78, 5) is 0. The molecule has 0 aliphatic heterocycles. The van der Waals surface area contributed by atoms with Crippen LogP contribution in [0.15, 0.2) is 0 Å². The van der Waals surface area contributed by atoms with Crippen molar-refractivity contribution in [3.63, 3.8) is 0 Å². The number of nitrogens with one attached hydrogen (secondary N) is 1. The second-order valence-corrected chi connectivity index (χ2v) is 6.02. The average Bonchev–Trinajstić information content (AvgIpc) is 3.00. The highest BCUT2D eigenvalue weighted by Crippen LogP contribution is 2.34. The molecule has 1 aliphatic carbocycles. The summed E-state index contributed by atoms with van der Waals surface area (Å²) in [5, 5.41) is 3.75. The van der Waals surface area contributed by atoms with Crippen molar-refractivity contribution in [2.24, 2.45) is 5.92 Å². The molecule has 0 saturated heterocycles. The summed E-state index contributed by atoms with van der Waals surface area (Å²) >= 11 is 0. The van der Waals surface area contributed by atoms with Crippen LogP contribution in [0.4, 0.5) is 0 Å². The Hall–Kier alpha value is -0.0800. The molecule has 0 radical (unpaired) electrons. The van der Waals surface area contributed by atoms with Crippen molar-refractivity contribution < 1.29 is 4.74 Å². The van der Waals surface area contributed by atoms with E-state index in [1.165, 1.54) is 25.7 Å². The van der Waals surface area contributed by atoms with Gasteiger partial charge in [-0.3, -0.25) is 0 Å². The quantitative estimate of drug-likeness (QED) is 0.686. The van der Waals surface area contributed by atoms with E-state index in [9.17, 15) is 0 Å². The maximum atomic E-state index is 5.48. The monoisotopic (exact) mass is 227 g/mol. The molecule has 16 heavy (non-hydrogen) atoms. The van der Waals surface area contributed by atoms with Gasteiger partial charge >= 0.3 is 0 Å². The minimum absolute atomic E-state index is 0.00963. The van der Waals surface area contributed by atoms with Crippen molar-refractivity contribution in [1.29, 1.82) is 0 Å². The third kappa shape index (κ3) is 5.31. The first-order valence-corrected chi connectivity index (χ1v) is 6.78. The lowest BCUT2D eigenvalue weighted by atomic mass is 9.98. The molecule has 1 saturated carbocycles. The smallest absolute Gasteiger partial charge is 0.0637 e. The Morgan fingerprint density at radius 3 is 2.44 bits per heavy atom. The van der Waals surface area contributed by atoms with E-state index in [-0.39, 0.29) is 5.60 Å². The first-order valence-electron chi connectivity index (χ1n) is 6.78. The number of hydrogen-bond acceptors (Lipinski definition) is 2. The SMILES string of the molecule is CCC(CC1CC1)NC(C)CC(C)(C)OC. The van der Waals surface area contributed by atoms with Gasteiger partial charge in [-0.1, -0.05) is 19.8 Å². The van der Waals surface area contributed by atoms with Crippen molar-refractivity contribution in [2.75, 3.05) is 7.11 Å². The van der Waals surface area contributed by atoms with E-state index in [1.54, 1.807) is 7.11 Å². The molecule has 0 amide bonds. The first-order chi connectivity index (χ1) is 7.46. The normalized spacial score (nSPS) is 20.8. The van der Waals surface area contributed by atoms with E-state index in [4.69, 9.17) is 4.74 Å². The number of methoxy groups -OCH3 is 1. The summed E-state index contributed by atoms with van der Waals surface area (Å²) in [6.07, 6.45) is 6.60. The zero-order valence-corrected chi connectivity index (χ0v) is 11.7. The molecule has 1 fully saturated rings. The van der Waals surface area contributed by atoms with Crippen LogP contribution in [0.3, 0.4) is 0 Å². The van der Waals surface area contributed by atoms with Gasteiger partial charge in [-0.05, 0) is 46.0 Å². The molecule has 0 aromatic carbocycles. The number of rotatable bonds is 8. The highest BCUT2D eigenvalue weighted by Gasteiger charge is 2.26. The molecule has 0 spiro atoms. The van der Waals surface area contributed by atoms with Crippen molar-refractivity contribution in [3.8, 4) is 0 Å². The Kier molecular flexibility index (Phi) is 5.26. The number of hydrogen-bond donors (Lipinski definition) is 1. The molecule has 2 unspecified atom stereocenters. The van der Waals surface area contributed by atoms with Gasteiger partial charge in [0.25, 0.3) is 0 Å². The van der Waals surface area contributed by atoms with Gasteiger partial charge in [0.15, 0.2) is 0 Å². The molecule has 2 nitrogen and oxygen atoms in total. The van der Waals surface area contributed by atoms with E-state index in [2.05, 4.69) is 33.0 Å². The topological polar surface area (TPSA) is 21.3 Å². The van der Waals surface area contributed by atoms with Crippen molar-refractivity contribution in [1.82, 2.24) is 5.32 Å². The summed E-state index contributed by atoms with van der Waals surface area (Å²) < 4.78 is 5.48. The lowest BCUT2D eigenvalue weighted by molar-refractivity contribution is 0.00751. The fourth-order valence-electron chi connectivity index (χ4n) is 2.39. The number of ether oxygens (including phenoxy) is 1. The van der Waals surface area contributed by atoms with Crippen LogP contribution >= 0.6 is 0 Å². The van der Waals surface area contributed by atoms with Gasteiger partial charge in [0.05, 0.1) is 5.60 Å². The molecule has 0 heterocycles. The van der Waals surface area contributed by atoms with Crippen LogP contribution in [0, 0.1) is 5.92 Å². The van der Waals surface area contributed by atoms with E-state index >= 15 is 0 Å². The lowest BCUT2D eigenvalue weighted by Crippen LogP contribution is -2.41. The second kappa shape index (κ2) is 6.02. The molecule has 2 heteroatoms. The highest BCUT2D eigenvalue weighted by molar-refractivity contribution is 4.83. The molecule has 2 atom stereocenters. The summed E-state index contributed by atoms with van der Waals surface area (Å²) in [6.45, 7) is 8.88. The van der Waals surface area contributed by atoms with Gasteiger partial charge in [-0.25, -0.2) is 0 Å². The first kappa shape index (κ1) is 14.0. The fourth-order valence-corrected chi connectivity index (χ4v) is 2.39. The van der Waals surface area contributed by atoms with Crippen LogP contribution in [0.2, 0.25) is 0 Å². The minimum atomic E-state index is -0.00963. The van der Waals surface area contributed by atoms with Crippen molar-refractivity contribution in [2.45, 2.75) is 77.5 Å². The van der Waals surface area contributed by atoms with E-state index in [1.807, 2.05) is 0 Å². The van der Waals surface area contributed by atoms with Crippen LogP contribution in [-0.2, 0) is 4.74 Å². The highest BCUT2D eigenvalue weighted by atomic mass is 16.5. The van der Waals surface area contributed by atoms with Crippen LogP contribution in [0.1, 0.15) is 59.8 Å². The Labute approximate surface area is 101 Å². The molecular formula is C14H29NO. The lowest BCUT2D eigenvalue weighted by Gasteiger charge is -2.29. The largest absolute Gasteiger partial charge is 0.379 e. The summed E-state index contributed by atoms with van der Waals surface area (Å²) in [6, 6.07) is 1.24. The summed E-state index contributed by atoms with van der Waals surface area (Å²) in [5.41, 5.74) is -0.00963. The molecule has 1 rings (SSSR count). The van der Waals surface area contributed by atoms with E-state index < -0.39 is 0 Å². The van der Waals surface area contributed by atoms with Crippen LogP contribution in [0.25, 0.3) is 0 Å². The molecular weight excluding hydrogens is 198 g/mol. The summed E-state index contributed by atoms with van der Waals surface area (Å²) in [5.74, 6) is 1.01. The van der Waals surface area contributed by atoms with Gasteiger partial charge in [0, 0.05) is 19.2 Å². The molecule has 0 aromatic heterocycles. The van der Waals surface area contributed by atoms with Gasteiger partial charge in [0.2, 0.25) is 0 Å². The molecule has 0 bridgehead atoms. The molecule has 0 aromatic rings. The zero-order valence-electron chi connectivity index (χ0n) is 11.7. The van der Waals surface area contributed by atoms with Gasteiger partial charge in [-0.15, -0.1) is 0 Å². The predicted molar refractivity (Wildman–Crippen MR) is 69.7 cm³/mol. The van der Waals surface area contributed by atoms with E-state index in [0.717, 1.165) is 12.3 Å². The van der Waals surface area contributed by atoms with Crippen molar-refractivity contribution >= 4 is 0 Å². The summed E-state index contributed by atoms with van der Waals surface area (Å²) in [7, 11) is 1.80.